The van der Waals surface area contributed by atoms with Crippen LogP contribution in [0.15, 0.2) is 30.3 Å². The lowest BCUT2D eigenvalue weighted by atomic mass is 9.83. The second kappa shape index (κ2) is 6.93. The normalized spacial score (nSPS) is 25.8. The van der Waals surface area contributed by atoms with Crippen LogP contribution in [-0.2, 0) is 0 Å². The summed E-state index contributed by atoms with van der Waals surface area (Å²) in [4.78, 5) is 2.73. The van der Waals surface area contributed by atoms with Gasteiger partial charge in [0.1, 0.15) is 0 Å². The Bertz CT molecular complexity index is 421. The summed E-state index contributed by atoms with van der Waals surface area (Å²) >= 11 is 0. The average Bonchev–Trinajstić information content (AvgIpc) is 2.47. The highest BCUT2D eigenvalue weighted by Gasteiger charge is 2.36. The standard InChI is InChI=1S/C19H32N2/c1-6-10-15(2)21-14-18(19(3,4)5)20-13-17(21)16-11-8-7-9-12-16/h7-9,11-12,15,17-18,20H,6,10,13-14H2,1-5H3. The van der Waals surface area contributed by atoms with Gasteiger partial charge in [0.2, 0.25) is 0 Å². The SMILES string of the molecule is CCCC(C)N1CC(C(C)(C)C)NCC1c1ccccc1. The predicted molar refractivity (Wildman–Crippen MR) is 91.5 cm³/mol. The summed E-state index contributed by atoms with van der Waals surface area (Å²) < 4.78 is 0. The van der Waals surface area contributed by atoms with Crippen LogP contribution >= 0.6 is 0 Å². The molecule has 0 aromatic heterocycles. The largest absolute Gasteiger partial charge is 0.310 e. The molecule has 2 nitrogen and oxygen atoms in total. The van der Waals surface area contributed by atoms with E-state index >= 15 is 0 Å². The first-order valence-electron chi connectivity index (χ1n) is 8.47. The molecule has 0 amide bonds. The maximum absolute atomic E-state index is 3.79. The zero-order valence-corrected chi connectivity index (χ0v) is 14.4. The Kier molecular flexibility index (Phi) is 5.45. The van der Waals surface area contributed by atoms with Gasteiger partial charge in [-0.05, 0) is 24.3 Å². The second-order valence-electron chi connectivity index (χ2n) is 7.59. The van der Waals surface area contributed by atoms with Gasteiger partial charge >= 0.3 is 0 Å². The quantitative estimate of drug-likeness (QED) is 0.891. The van der Waals surface area contributed by atoms with Crippen molar-refractivity contribution >= 4 is 0 Å². The molecule has 1 aliphatic heterocycles. The van der Waals surface area contributed by atoms with Crippen LogP contribution < -0.4 is 5.32 Å². The summed E-state index contributed by atoms with van der Waals surface area (Å²) in [6, 6.07) is 12.7. The van der Waals surface area contributed by atoms with Gasteiger partial charge in [0, 0.05) is 31.2 Å². The van der Waals surface area contributed by atoms with Crippen molar-refractivity contribution in [2.75, 3.05) is 13.1 Å². The highest BCUT2D eigenvalue weighted by molar-refractivity contribution is 5.20. The number of nitrogens with one attached hydrogen (secondary N) is 1. The third-order valence-corrected chi connectivity index (χ3v) is 4.85. The topological polar surface area (TPSA) is 15.3 Å². The van der Waals surface area contributed by atoms with Gasteiger partial charge in [-0.3, -0.25) is 4.90 Å². The molecular weight excluding hydrogens is 256 g/mol. The highest BCUT2D eigenvalue weighted by atomic mass is 15.3. The Morgan fingerprint density at radius 3 is 2.48 bits per heavy atom. The lowest BCUT2D eigenvalue weighted by Gasteiger charge is -2.47. The Labute approximate surface area is 130 Å². The van der Waals surface area contributed by atoms with E-state index in [0.29, 0.717) is 23.5 Å². The maximum Gasteiger partial charge on any atom is 0.0476 e. The molecule has 0 aliphatic carbocycles. The average molecular weight is 288 g/mol. The van der Waals surface area contributed by atoms with Crippen molar-refractivity contribution in [2.24, 2.45) is 5.41 Å². The molecule has 0 radical (unpaired) electrons. The van der Waals surface area contributed by atoms with Crippen LogP contribution in [0.3, 0.4) is 0 Å². The molecule has 1 saturated heterocycles. The molecule has 3 unspecified atom stereocenters. The molecule has 1 heterocycles. The fraction of sp³-hybridized carbons (Fsp3) is 0.684. The van der Waals surface area contributed by atoms with Gasteiger partial charge in [-0.15, -0.1) is 0 Å². The van der Waals surface area contributed by atoms with E-state index in [9.17, 15) is 0 Å². The van der Waals surface area contributed by atoms with Gasteiger partial charge in [0.05, 0.1) is 0 Å². The molecule has 0 spiro atoms. The minimum Gasteiger partial charge on any atom is -0.310 e. The van der Waals surface area contributed by atoms with E-state index in [1.54, 1.807) is 0 Å². The maximum atomic E-state index is 3.79. The number of benzene rings is 1. The summed E-state index contributed by atoms with van der Waals surface area (Å²) in [7, 11) is 0. The van der Waals surface area contributed by atoms with E-state index in [1.165, 1.54) is 18.4 Å². The van der Waals surface area contributed by atoms with Gasteiger partial charge in [0.15, 0.2) is 0 Å². The fourth-order valence-electron chi connectivity index (χ4n) is 3.41. The van der Waals surface area contributed by atoms with E-state index < -0.39 is 0 Å². The van der Waals surface area contributed by atoms with Crippen molar-refractivity contribution in [3.05, 3.63) is 35.9 Å². The molecule has 1 aliphatic rings. The zero-order valence-electron chi connectivity index (χ0n) is 14.4. The zero-order chi connectivity index (χ0) is 15.5. The first-order valence-corrected chi connectivity index (χ1v) is 8.47. The Morgan fingerprint density at radius 2 is 1.90 bits per heavy atom. The summed E-state index contributed by atoms with van der Waals surface area (Å²) in [6.07, 6.45) is 2.53. The van der Waals surface area contributed by atoms with Gasteiger partial charge in [-0.2, -0.15) is 0 Å². The number of nitrogens with zero attached hydrogens (tertiary/aromatic N) is 1. The van der Waals surface area contributed by atoms with E-state index in [1.807, 2.05) is 0 Å². The van der Waals surface area contributed by atoms with Crippen LogP contribution in [0.4, 0.5) is 0 Å². The predicted octanol–water partition coefficient (Wildman–Crippen LogP) is 4.24. The number of piperazine rings is 1. The first-order chi connectivity index (χ1) is 9.93. The Hall–Kier alpha value is -0.860. The van der Waals surface area contributed by atoms with Crippen molar-refractivity contribution in [3.8, 4) is 0 Å². The molecule has 1 aromatic rings. The highest BCUT2D eigenvalue weighted by Crippen LogP contribution is 2.31. The van der Waals surface area contributed by atoms with Crippen LogP contribution in [0, 0.1) is 5.41 Å². The molecule has 2 rings (SSSR count). The van der Waals surface area contributed by atoms with Gasteiger partial charge in [-0.1, -0.05) is 64.4 Å². The van der Waals surface area contributed by atoms with Crippen molar-refractivity contribution in [1.29, 1.82) is 0 Å². The van der Waals surface area contributed by atoms with Crippen molar-refractivity contribution in [3.63, 3.8) is 0 Å². The van der Waals surface area contributed by atoms with Crippen LogP contribution in [0.2, 0.25) is 0 Å². The van der Waals surface area contributed by atoms with Crippen LogP contribution in [-0.4, -0.2) is 30.1 Å². The van der Waals surface area contributed by atoms with Crippen molar-refractivity contribution in [2.45, 2.75) is 65.6 Å². The molecule has 1 N–H and O–H groups in total. The number of hydrogen-bond acceptors (Lipinski definition) is 2. The Balaban J connectivity index is 2.20. The molecule has 0 bridgehead atoms. The fourth-order valence-corrected chi connectivity index (χ4v) is 3.41. The minimum absolute atomic E-state index is 0.311. The summed E-state index contributed by atoms with van der Waals surface area (Å²) in [5.41, 5.74) is 1.76. The van der Waals surface area contributed by atoms with E-state index in [2.05, 4.69) is 75.2 Å². The molecule has 1 fully saturated rings. The molecule has 1 aromatic carbocycles. The third-order valence-electron chi connectivity index (χ3n) is 4.85. The summed E-state index contributed by atoms with van der Waals surface area (Å²) in [6.45, 7) is 13.9. The molecule has 0 saturated carbocycles. The van der Waals surface area contributed by atoms with Crippen molar-refractivity contribution in [1.82, 2.24) is 10.2 Å². The molecule has 2 heteroatoms. The molecule has 118 valence electrons. The smallest absolute Gasteiger partial charge is 0.0476 e. The number of rotatable bonds is 4. The van der Waals surface area contributed by atoms with Gasteiger partial charge < -0.3 is 5.32 Å². The van der Waals surface area contributed by atoms with Crippen LogP contribution in [0.25, 0.3) is 0 Å². The van der Waals surface area contributed by atoms with Crippen molar-refractivity contribution < 1.29 is 0 Å². The molecule has 21 heavy (non-hydrogen) atoms. The van der Waals surface area contributed by atoms with Gasteiger partial charge in [-0.25, -0.2) is 0 Å². The van der Waals surface area contributed by atoms with Crippen LogP contribution in [0.5, 0.6) is 0 Å². The summed E-state index contributed by atoms with van der Waals surface area (Å²) in [5, 5.41) is 3.79. The van der Waals surface area contributed by atoms with Crippen LogP contribution in [0.1, 0.15) is 59.1 Å². The molecular formula is C19H32N2. The van der Waals surface area contributed by atoms with E-state index in [4.69, 9.17) is 0 Å². The molecule has 3 atom stereocenters. The second-order valence-corrected chi connectivity index (χ2v) is 7.59. The first kappa shape index (κ1) is 16.5. The summed E-state index contributed by atoms with van der Waals surface area (Å²) in [5.74, 6) is 0. The number of hydrogen-bond donors (Lipinski definition) is 1. The van der Waals surface area contributed by atoms with E-state index in [0.717, 1.165) is 13.1 Å². The minimum atomic E-state index is 0.311. The Morgan fingerprint density at radius 1 is 1.24 bits per heavy atom. The lowest BCUT2D eigenvalue weighted by Crippen LogP contribution is -2.58. The third kappa shape index (κ3) is 4.08. The van der Waals surface area contributed by atoms with Gasteiger partial charge in [0.25, 0.3) is 0 Å². The monoisotopic (exact) mass is 288 g/mol. The van der Waals surface area contributed by atoms with E-state index in [-0.39, 0.29) is 0 Å². The lowest BCUT2D eigenvalue weighted by molar-refractivity contribution is 0.0514.